The summed E-state index contributed by atoms with van der Waals surface area (Å²) >= 11 is 0. The normalized spacial score (nSPS) is 22.0. The van der Waals surface area contributed by atoms with E-state index in [-0.39, 0.29) is 24.0 Å². The van der Waals surface area contributed by atoms with Gasteiger partial charge in [-0.05, 0) is 26.9 Å². The molecular formula is C13H27IN4. The summed E-state index contributed by atoms with van der Waals surface area (Å²) in [5, 5.41) is 3.57. The molecule has 1 saturated carbocycles. The monoisotopic (exact) mass is 366 g/mol. The zero-order valence-electron chi connectivity index (χ0n) is 11.9. The Hall–Kier alpha value is -0.0400. The van der Waals surface area contributed by atoms with E-state index >= 15 is 0 Å². The molecule has 1 fully saturated rings. The highest BCUT2D eigenvalue weighted by Gasteiger charge is 2.34. The first-order valence-corrected chi connectivity index (χ1v) is 6.76. The smallest absolute Gasteiger partial charge is 0.193 e. The van der Waals surface area contributed by atoms with Gasteiger partial charge in [0.2, 0.25) is 0 Å². The van der Waals surface area contributed by atoms with Crippen molar-refractivity contribution in [2.75, 3.05) is 47.3 Å². The van der Waals surface area contributed by atoms with Crippen LogP contribution in [0.3, 0.4) is 0 Å². The second-order valence-electron chi connectivity index (χ2n) is 5.93. The first-order valence-electron chi connectivity index (χ1n) is 6.76. The fraction of sp³-hybridized carbons (Fsp3) is 0.923. The standard InChI is InChI=1S/C13H26N4.HI/c1-16(2)11-13(6-4-5-7-13)10-15-12-14-8-9-17(12)3;/h4-11H2,1-3H3,(H,14,15);1H. The van der Waals surface area contributed by atoms with E-state index in [1.807, 2.05) is 0 Å². The van der Waals surface area contributed by atoms with E-state index in [1.165, 1.54) is 32.2 Å². The van der Waals surface area contributed by atoms with Crippen LogP contribution in [-0.4, -0.2) is 63.1 Å². The molecule has 18 heavy (non-hydrogen) atoms. The summed E-state index contributed by atoms with van der Waals surface area (Å²) in [6.45, 7) is 4.27. The Bertz CT molecular complexity index is 285. The Morgan fingerprint density at radius 1 is 1.33 bits per heavy atom. The number of likely N-dealkylation sites (N-methyl/N-ethyl adjacent to an activating group) is 1. The quantitative estimate of drug-likeness (QED) is 0.768. The summed E-state index contributed by atoms with van der Waals surface area (Å²) in [6, 6.07) is 0. The number of hydrogen-bond acceptors (Lipinski definition) is 4. The molecule has 2 aliphatic rings. The molecule has 4 nitrogen and oxygen atoms in total. The number of guanidine groups is 1. The molecule has 0 aromatic heterocycles. The minimum absolute atomic E-state index is 0. The Kier molecular flexibility index (Phi) is 6.17. The van der Waals surface area contributed by atoms with Crippen molar-refractivity contribution in [1.29, 1.82) is 0 Å². The molecule has 106 valence electrons. The van der Waals surface area contributed by atoms with Gasteiger partial charge in [0.05, 0.1) is 6.54 Å². The molecule has 0 spiro atoms. The molecule has 0 bridgehead atoms. The lowest BCUT2D eigenvalue weighted by atomic mass is 9.85. The molecule has 1 aliphatic carbocycles. The van der Waals surface area contributed by atoms with Gasteiger partial charge in [0.25, 0.3) is 0 Å². The zero-order chi connectivity index (χ0) is 12.3. The molecule has 0 saturated heterocycles. The predicted octanol–water partition coefficient (Wildman–Crippen LogP) is 1.62. The number of halogens is 1. The van der Waals surface area contributed by atoms with Gasteiger partial charge in [-0.2, -0.15) is 0 Å². The van der Waals surface area contributed by atoms with Crippen molar-refractivity contribution >= 4 is 29.9 Å². The van der Waals surface area contributed by atoms with Crippen LogP contribution in [0.25, 0.3) is 0 Å². The Balaban J connectivity index is 0.00000162. The summed E-state index contributed by atoms with van der Waals surface area (Å²) < 4.78 is 0. The van der Waals surface area contributed by atoms with Crippen molar-refractivity contribution in [2.45, 2.75) is 25.7 Å². The number of rotatable bonds is 4. The Morgan fingerprint density at radius 3 is 2.50 bits per heavy atom. The van der Waals surface area contributed by atoms with Crippen LogP contribution in [0.15, 0.2) is 4.99 Å². The van der Waals surface area contributed by atoms with Gasteiger partial charge in [-0.1, -0.05) is 12.8 Å². The lowest BCUT2D eigenvalue weighted by Crippen LogP contribution is -2.45. The van der Waals surface area contributed by atoms with Gasteiger partial charge in [-0.25, -0.2) is 0 Å². The van der Waals surface area contributed by atoms with Gasteiger partial charge in [0, 0.05) is 32.1 Å². The molecule has 1 aliphatic heterocycles. The lowest BCUT2D eigenvalue weighted by Gasteiger charge is -2.33. The SMILES string of the molecule is CN(C)CC1(CNC2=NCCN2C)CCCC1.I. The second kappa shape index (κ2) is 6.93. The molecule has 0 unspecified atom stereocenters. The van der Waals surface area contributed by atoms with Gasteiger partial charge in [0.15, 0.2) is 5.96 Å². The molecular weight excluding hydrogens is 339 g/mol. The van der Waals surface area contributed by atoms with E-state index in [9.17, 15) is 0 Å². The Labute approximate surface area is 128 Å². The van der Waals surface area contributed by atoms with Gasteiger partial charge < -0.3 is 15.1 Å². The van der Waals surface area contributed by atoms with Crippen LogP contribution in [0.2, 0.25) is 0 Å². The summed E-state index contributed by atoms with van der Waals surface area (Å²) in [6.07, 6.45) is 5.49. The minimum Gasteiger partial charge on any atom is -0.356 e. The molecule has 1 heterocycles. The first kappa shape index (κ1) is 16.0. The molecule has 0 aromatic carbocycles. The zero-order valence-corrected chi connectivity index (χ0v) is 14.2. The van der Waals surface area contributed by atoms with Gasteiger partial charge in [-0.15, -0.1) is 24.0 Å². The summed E-state index contributed by atoms with van der Waals surface area (Å²) in [7, 11) is 6.48. The lowest BCUT2D eigenvalue weighted by molar-refractivity contribution is 0.201. The van der Waals surface area contributed by atoms with E-state index < -0.39 is 0 Å². The van der Waals surface area contributed by atoms with Crippen LogP contribution in [0.1, 0.15) is 25.7 Å². The van der Waals surface area contributed by atoms with Crippen molar-refractivity contribution < 1.29 is 0 Å². The van der Waals surface area contributed by atoms with Crippen LogP contribution in [0.5, 0.6) is 0 Å². The largest absolute Gasteiger partial charge is 0.356 e. The van der Waals surface area contributed by atoms with E-state index in [0.717, 1.165) is 25.6 Å². The van der Waals surface area contributed by atoms with Crippen LogP contribution in [0.4, 0.5) is 0 Å². The number of nitrogens with zero attached hydrogens (tertiary/aromatic N) is 3. The Morgan fingerprint density at radius 2 is 2.00 bits per heavy atom. The second-order valence-corrected chi connectivity index (χ2v) is 5.93. The van der Waals surface area contributed by atoms with Crippen molar-refractivity contribution in [2.24, 2.45) is 10.4 Å². The first-order chi connectivity index (χ1) is 8.11. The van der Waals surface area contributed by atoms with Crippen LogP contribution < -0.4 is 5.32 Å². The fourth-order valence-electron chi connectivity index (χ4n) is 3.18. The van der Waals surface area contributed by atoms with E-state index in [2.05, 4.69) is 41.3 Å². The number of hydrogen-bond donors (Lipinski definition) is 1. The van der Waals surface area contributed by atoms with Gasteiger partial charge >= 0.3 is 0 Å². The number of aliphatic imine (C=N–C) groups is 1. The third-order valence-electron chi connectivity index (χ3n) is 4.00. The number of nitrogens with one attached hydrogen (secondary N) is 1. The van der Waals surface area contributed by atoms with Crippen LogP contribution in [-0.2, 0) is 0 Å². The van der Waals surface area contributed by atoms with E-state index in [1.54, 1.807) is 0 Å². The highest BCUT2D eigenvalue weighted by atomic mass is 127. The predicted molar refractivity (Wildman–Crippen MR) is 87.8 cm³/mol. The summed E-state index contributed by atoms with van der Waals surface area (Å²) in [4.78, 5) is 9.05. The average Bonchev–Trinajstić information content (AvgIpc) is 2.85. The van der Waals surface area contributed by atoms with Crippen molar-refractivity contribution in [3.8, 4) is 0 Å². The van der Waals surface area contributed by atoms with Gasteiger partial charge in [-0.3, -0.25) is 4.99 Å². The van der Waals surface area contributed by atoms with E-state index in [0.29, 0.717) is 5.41 Å². The van der Waals surface area contributed by atoms with Crippen molar-refractivity contribution in [3.05, 3.63) is 0 Å². The highest BCUT2D eigenvalue weighted by molar-refractivity contribution is 14.0. The maximum atomic E-state index is 4.51. The van der Waals surface area contributed by atoms with E-state index in [4.69, 9.17) is 0 Å². The van der Waals surface area contributed by atoms with Crippen LogP contribution in [0, 0.1) is 5.41 Å². The van der Waals surface area contributed by atoms with Gasteiger partial charge in [0.1, 0.15) is 0 Å². The summed E-state index contributed by atoms with van der Waals surface area (Å²) in [5.74, 6) is 1.09. The highest BCUT2D eigenvalue weighted by Crippen LogP contribution is 2.37. The molecule has 0 amide bonds. The molecule has 1 N–H and O–H groups in total. The third-order valence-corrected chi connectivity index (χ3v) is 4.00. The summed E-state index contributed by atoms with van der Waals surface area (Å²) in [5.41, 5.74) is 0.468. The molecule has 0 radical (unpaired) electrons. The molecule has 5 heteroatoms. The molecule has 2 rings (SSSR count). The van der Waals surface area contributed by atoms with Crippen molar-refractivity contribution in [3.63, 3.8) is 0 Å². The topological polar surface area (TPSA) is 30.9 Å². The fourth-order valence-corrected chi connectivity index (χ4v) is 3.18. The van der Waals surface area contributed by atoms with Crippen LogP contribution >= 0.6 is 24.0 Å². The molecule has 0 atom stereocenters. The maximum Gasteiger partial charge on any atom is 0.193 e. The maximum absolute atomic E-state index is 4.51. The minimum atomic E-state index is 0. The molecule has 0 aromatic rings. The third kappa shape index (κ3) is 3.98. The average molecular weight is 366 g/mol. The van der Waals surface area contributed by atoms with Crippen molar-refractivity contribution in [1.82, 2.24) is 15.1 Å².